The van der Waals surface area contributed by atoms with Crippen LogP contribution in [-0.4, -0.2) is 18.0 Å². The van der Waals surface area contributed by atoms with Crippen LogP contribution in [0.3, 0.4) is 0 Å². The summed E-state index contributed by atoms with van der Waals surface area (Å²) in [6, 6.07) is 25.1. The first-order valence-corrected chi connectivity index (χ1v) is 10.2. The predicted molar refractivity (Wildman–Crippen MR) is 126 cm³/mol. The Labute approximate surface area is 180 Å². The maximum absolute atomic E-state index is 12.5. The number of nitrogens with one attached hydrogen (secondary N) is 2. The fourth-order valence-corrected chi connectivity index (χ4v) is 3.40. The van der Waals surface area contributed by atoms with Gasteiger partial charge in [-0.15, -0.1) is 0 Å². The molecule has 2 N–H and O–H groups in total. The number of hydrogen-bond acceptors (Lipinski definition) is 3. The van der Waals surface area contributed by atoms with Crippen molar-refractivity contribution in [2.75, 3.05) is 5.32 Å². The van der Waals surface area contributed by atoms with Crippen LogP contribution in [0.5, 0.6) is 0 Å². The number of rotatable bonds is 5. The number of amides is 2. The molecule has 0 aliphatic heterocycles. The van der Waals surface area contributed by atoms with E-state index >= 15 is 0 Å². The predicted octanol–water partition coefficient (Wildman–Crippen LogP) is 5.35. The summed E-state index contributed by atoms with van der Waals surface area (Å²) >= 11 is 0. The summed E-state index contributed by atoms with van der Waals surface area (Å²) in [5.41, 5.74) is 4.67. The maximum atomic E-state index is 12.5. The monoisotopic (exact) mass is 409 g/mol. The highest BCUT2D eigenvalue weighted by atomic mass is 16.2. The number of carbonyl (C=O) groups is 2. The number of carbonyl (C=O) groups excluding carboxylic acids is 2. The Morgan fingerprint density at radius 2 is 1.42 bits per heavy atom. The van der Waals surface area contributed by atoms with Gasteiger partial charge in [0, 0.05) is 22.7 Å². The zero-order valence-corrected chi connectivity index (χ0v) is 17.4. The number of anilines is 1. The molecule has 2 amide bonds. The third kappa shape index (κ3) is 4.46. The summed E-state index contributed by atoms with van der Waals surface area (Å²) < 4.78 is 0. The van der Waals surface area contributed by atoms with Crippen molar-refractivity contribution in [3.63, 3.8) is 0 Å². The molecule has 4 aromatic carbocycles. The molecule has 0 aliphatic carbocycles. The Morgan fingerprint density at radius 1 is 0.839 bits per heavy atom. The highest BCUT2D eigenvalue weighted by Gasteiger charge is 2.09. The first-order chi connectivity index (χ1) is 15.0. The normalized spacial score (nSPS) is 11.3. The van der Waals surface area contributed by atoms with Crippen LogP contribution in [0.2, 0.25) is 0 Å². The van der Waals surface area contributed by atoms with E-state index in [9.17, 15) is 9.59 Å². The summed E-state index contributed by atoms with van der Waals surface area (Å²) in [5, 5.41) is 11.4. The molecule has 4 aromatic rings. The third-order valence-corrected chi connectivity index (χ3v) is 5.11. The van der Waals surface area contributed by atoms with Crippen molar-refractivity contribution in [1.29, 1.82) is 0 Å². The molecule has 5 nitrogen and oxygen atoms in total. The zero-order chi connectivity index (χ0) is 21.8. The van der Waals surface area contributed by atoms with Gasteiger partial charge < -0.3 is 5.32 Å². The zero-order valence-electron chi connectivity index (χ0n) is 17.4. The summed E-state index contributed by atoms with van der Waals surface area (Å²) in [6.07, 6.45) is 1.69. The second kappa shape index (κ2) is 8.79. The van der Waals surface area contributed by atoms with E-state index in [1.165, 1.54) is 0 Å². The minimum absolute atomic E-state index is 0.0656. The standard InChI is InChI=1S/C26H23N3O2/c1-17(2)25(30)28-21-13-11-18(12-14-21)26(31)29-27-16-24-22-9-5-3-7-19(22)15-20-8-4-6-10-23(20)24/h3-17H,1-2H3,(H,28,30)(H,29,31)/b27-16-. The minimum atomic E-state index is -0.317. The van der Waals surface area contributed by atoms with Crippen LogP contribution >= 0.6 is 0 Å². The molecule has 0 saturated heterocycles. The average Bonchev–Trinajstić information content (AvgIpc) is 2.79. The van der Waals surface area contributed by atoms with Gasteiger partial charge in [0.2, 0.25) is 5.91 Å². The minimum Gasteiger partial charge on any atom is -0.326 e. The molecule has 0 heterocycles. The van der Waals surface area contributed by atoms with Gasteiger partial charge in [0.05, 0.1) is 6.21 Å². The van der Waals surface area contributed by atoms with Crippen LogP contribution in [0.1, 0.15) is 29.8 Å². The number of hydrogen-bond donors (Lipinski definition) is 2. The quantitative estimate of drug-likeness (QED) is 0.265. The number of benzene rings is 4. The van der Waals surface area contributed by atoms with Gasteiger partial charge in [-0.1, -0.05) is 62.4 Å². The lowest BCUT2D eigenvalue weighted by Gasteiger charge is -2.09. The van der Waals surface area contributed by atoms with Gasteiger partial charge in [0.15, 0.2) is 0 Å². The van der Waals surface area contributed by atoms with E-state index in [1.807, 2.05) is 38.1 Å². The molecular weight excluding hydrogens is 386 g/mol. The third-order valence-electron chi connectivity index (χ3n) is 5.11. The summed E-state index contributed by atoms with van der Waals surface area (Å²) in [6.45, 7) is 3.66. The first-order valence-electron chi connectivity index (χ1n) is 10.2. The molecule has 0 saturated carbocycles. The van der Waals surface area contributed by atoms with Crippen LogP contribution in [0, 0.1) is 5.92 Å². The van der Waals surface area contributed by atoms with Crippen LogP contribution in [0.4, 0.5) is 5.69 Å². The molecule has 0 bridgehead atoms. The number of hydrazone groups is 1. The second-order valence-electron chi connectivity index (χ2n) is 7.65. The lowest BCUT2D eigenvalue weighted by Crippen LogP contribution is -2.19. The van der Waals surface area contributed by atoms with Crippen molar-refractivity contribution in [1.82, 2.24) is 5.43 Å². The van der Waals surface area contributed by atoms with Gasteiger partial charge in [0.1, 0.15) is 0 Å². The van der Waals surface area contributed by atoms with E-state index < -0.39 is 0 Å². The lowest BCUT2D eigenvalue weighted by molar-refractivity contribution is -0.118. The van der Waals surface area contributed by atoms with Crippen molar-refractivity contribution in [2.45, 2.75) is 13.8 Å². The van der Waals surface area contributed by atoms with E-state index in [1.54, 1.807) is 30.5 Å². The van der Waals surface area contributed by atoms with Crippen LogP contribution in [0.25, 0.3) is 21.5 Å². The number of fused-ring (bicyclic) bond motifs is 2. The van der Waals surface area contributed by atoms with Crippen molar-refractivity contribution in [2.24, 2.45) is 11.0 Å². The average molecular weight is 409 g/mol. The largest absolute Gasteiger partial charge is 0.326 e. The molecule has 0 unspecified atom stereocenters. The fraction of sp³-hybridized carbons (Fsp3) is 0.115. The summed E-state index contributed by atoms with van der Waals surface area (Å²) in [5.74, 6) is -0.492. The van der Waals surface area contributed by atoms with E-state index in [4.69, 9.17) is 0 Å². The van der Waals surface area contributed by atoms with Gasteiger partial charge in [-0.05, 0) is 51.9 Å². The molecule has 5 heteroatoms. The summed E-state index contributed by atoms with van der Waals surface area (Å²) in [4.78, 5) is 24.3. The molecule has 154 valence electrons. The molecule has 0 spiro atoms. The Balaban J connectivity index is 1.54. The Kier molecular flexibility index (Phi) is 5.76. The van der Waals surface area contributed by atoms with Gasteiger partial charge in [-0.2, -0.15) is 5.10 Å². The Bertz CT molecular complexity index is 1240. The highest BCUT2D eigenvalue weighted by molar-refractivity contribution is 6.13. The van der Waals surface area contributed by atoms with Gasteiger partial charge in [-0.25, -0.2) is 5.43 Å². The Hall–Kier alpha value is -3.99. The molecule has 0 fully saturated rings. The fourth-order valence-electron chi connectivity index (χ4n) is 3.40. The SMILES string of the molecule is CC(C)C(=O)Nc1ccc(C(=O)N/N=C\c2c3ccccc3cc3ccccc23)cc1. The first kappa shape index (κ1) is 20.3. The van der Waals surface area contributed by atoms with Gasteiger partial charge >= 0.3 is 0 Å². The summed E-state index contributed by atoms with van der Waals surface area (Å²) in [7, 11) is 0. The number of nitrogens with zero attached hydrogens (tertiary/aromatic N) is 1. The topological polar surface area (TPSA) is 70.6 Å². The van der Waals surface area contributed by atoms with E-state index in [0.717, 1.165) is 27.1 Å². The molecule has 0 aromatic heterocycles. The van der Waals surface area contributed by atoms with Crippen LogP contribution in [0.15, 0.2) is 84.0 Å². The van der Waals surface area contributed by atoms with Crippen molar-refractivity contribution >= 4 is 45.3 Å². The molecule has 4 rings (SSSR count). The Morgan fingerprint density at radius 3 is 2.00 bits per heavy atom. The van der Waals surface area contributed by atoms with Gasteiger partial charge in [0.25, 0.3) is 5.91 Å². The van der Waals surface area contributed by atoms with E-state index in [0.29, 0.717) is 11.3 Å². The molecule has 0 radical (unpaired) electrons. The molecule has 0 aliphatic rings. The second-order valence-corrected chi connectivity index (χ2v) is 7.65. The molecule has 31 heavy (non-hydrogen) atoms. The van der Waals surface area contributed by atoms with Crippen molar-refractivity contribution in [3.8, 4) is 0 Å². The molecular formula is C26H23N3O2. The van der Waals surface area contributed by atoms with Crippen LogP contribution in [-0.2, 0) is 4.79 Å². The van der Waals surface area contributed by atoms with E-state index in [-0.39, 0.29) is 17.7 Å². The molecule has 0 atom stereocenters. The lowest BCUT2D eigenvalue weighted by atomic mass is 9.97. The van der Waals surface area contributed by atoms with E-state index in [2.05, 4.69) is 46.2 Å². The van der Waals surface area contributed by atoms with Crippen molar-refractivity contribution in [3.05, 3.63) is 90.0 Å². The highest BCUT2D eigenvalue weighted by Crippen LogP contribution is 2.27. The van der Waals surface area contributed by atoms with Crippen LogP contribution < -0.4 is 10.7 Å². The van der Waals surface area contributed by atoms with Crippen molar-refractivity contribution < 1.29 is 9.59 Å². The smallest absolute Gasteiger partial charge is 0.271 e. The van der Waals surface area contributed by atoms with Gasteiger partial charge in [-0.3, -0.25) is 9.59 Å². The maximum Gasteiger partial charge on any atom is 0.271 e.